The van der Waals surface area contributed by atoms with Gasteiger partial charge in [0.25, 0.3) is 5.91 Å². The Kier molecular flexibility index (Phi) is 5.85. The maximum atomic E-state index is 12.5. The van der Waals surface area contributed by atoms with Crippen molar-refractivity contribution in [2.24, 2.45) is 7.05 Å². The fourth-order valence-corrected chi connectivity index (χ4v) is 3.56. The highest BCUT2D eigenvalue weighted by Crippen LogP contribution is 2.23. The Morgan fingerprint density at radius 3 is 2.89 bits per heavy atom. The molecular formula is C19H23N5O2S. The van der Waals surface area contributed by atoms with Gasteiger partial charge in [0.05, 0.1) is 23.3 Å². The molecule has 1 amide bonds. The summed E-state index contributed by atoms with van der Waals surface area (Å²) < 4.78 is 6.97. The molecule has 0 aliphatic rings. The second-order valence-electron chi connectivity index (χ2n) is 6.36. The van der Waals surface area contributed by atoms with Crippen LogP contribution in [-0.4, -0.2) is 25.8 Å². The first-order valence-electron chi connectivity index (χ1n) is 8.88. The lowest BCUT2D eigenvalue weighted by Gasteiger charge is -1.99. The number of aryl methyl sites for hydroxylation is 4. The van der Waals surface area contributed by atoms with E-state index in [2.05, 4.69) is 27.5 Å². The Bertz CT molecular complexity index is 967. The molecule has 0 aliphatic carbocycles. The first kappa shape index (κ1) is 19.0. The minimum absolute atomic E-state index is 0.178. The van der Waals surface area contributed by atoms with Gasteiger partial charge < -0.3 is 9.84 Å². The van der Waals surface area contributed by atoms with Crippen LogP contribution in [0.25, 0.3) is 12.2 Å². The maximum absolute atomic E-state index is 12.5. The van der Waals surface area contributed by atoms with Gasteiger partial charge in [-0.15, -0.1) is 11.3 Å². The number of nitrogens with zero attached hydrogens (tertiary/aromatic N) is 4. The molecule has 7 nitrogen and oxygen atoms in total. The average Bonchev–Trinajstić information content (AvgIpc) is 3.31. The monoisotopic (exact) mass is 385 g/mol. The number of nitrogens with one attached hydrogen (secondary N) is 1. The Hall–Kier alpha value is -2.74. The molecule has 3 aromatic rings. The summed E-state index contributed by atoms with van der Waals surface area (Å²) in [7, 11) is 1.80. The molecular weight excluding hydrogens is 362 g/mol. The third-order valence-corrected chi connectivity index (χ3v) is 5.25. The molecule has 0 unspecified atom stereocenters. The first-order chi connectivity index (χ1) is 13.0. The van der Waals surface area contributed by atoms with Gasteiger partial charge in [-0.3, -0.25) is 9.48 Å². The van der Waals surface area contributed by atoms with Crippen molar-refractivity contribution in [2.45, 2.75) is 40.0 Å². The predicted molar refractivity (Wildman–Crippen MR) is 107 cm³/mol. The van der Waals surface area contributed by atoms with E-state index in [4.69, 9.17) is 4.52 Å². The standard InChI is InChI=1S/C19H23N5O2S/c1-5-6-7-16-15(13(3)26-23-16)8-9-17-21-12(2)18(27-17)19(25)22-14-10-20-24(4)11-14/h8-11H,5-7H2,1-4H3,(H,22,25)/b9-8+. The molecule has 3 aromatic heterocycles. The Morgan fingerprint density at radius 1 is 1.37 bits per heavy atom. The molecule has 0 spiro atoms. The fourth-order valence-electron chi connectivity index (χ4n) is 2.69. The van der Waals surface area contributed by atoms with E-state index in [1.807, 2.05) is 26.0 Å². The number of thiazole rings is 1. The van der Waals surface area contributed by atoms with E-state index in [1.165, 1.54) is 11.3 Å². The van der Waals surface area contributed by atoms with Gasteiger partial charge in [-0.1, -0.05) is 18.5 Å². The molecule has 3 rings (SSSR count). The SMILES string of the molecule is CCCCc1noc(C)c1/C=C/c1nc(C)c(C(=O)Nc2cnn(C)c2)s1. The van der Waals surface area contributed by atoms with Crippen LogP contribution in [-0.2, 0) is 13.5 Å². The molecule has 0 aliphatic heterocycles. The largest absolute Gasteiger partial charge is 0.361 e. The van der Waals surface area contributed by atoms with Crippen LogP contribution in [0, 0.1) is 13.8 Å². The number of hydrogen-bond acceptors (Lipinski definition) is 6. The fraction of sp³-hybridized carbons (Fsp3) is 0.368. The zero-order chi connectivity index (χ0) is 19.4. The van der Waals surface area contributed by atoms with Crippen LogP contribution in [0.1, 0.15) is 57.2 Å². The van der Waals surface area contributed by atoms with Crippen molar-refractivity contribution in [3.63, 3.8) is 0 Å². The number of aromatic nitrogens is 4. The minimum atomic E-state index is -0.178. The Balaban J connectivity index is 1.75. The summed E-state index contributed by atoms with van der Waals surface area (Å²) >= 11 is 1.36. The number of hydrogen-bond donors (Lipinski definition) is 1. The zero-order valence-corrected chi connectivity index (χ0v) is 16.8. The van der Waals surface area contributed by atoms with E-state index >= 15 is 0 Å². The zero-order valence-electron chi connectivity index (χ0n) is 15.9. The van der Waals surface area contributed by atoms with Crippen LogP contribution >= 0.6 is 11.3 Å². The number of amides is 1. The van der Waals surface area contributed by atoms with E-state index < -0.39 is 0 Å². The van der Waals surface area contributed by atoms with Gasteiger partial charge in [-0.2, -0.15) is 5.10 Å². The molecule has 0 saturated heterocycles. The molecule has 1 N–H and O–H groups in total. The minimum Gasteiger partial charge on any atom is -0.361 e. The molecule has 0 bridgehead atoms. The van der Waals surface area contributed by atoms with Crippen LogP contribution in [0.5, 0.6) is 0 Å². The molecule has 3 heterocycles. The number of rotatable bonds is 7. The van der Waals surface area contributed by atoms with Crippen molar-refractivity contribution < 1.29 is 9.32 Å². The number of carbonyl (C=O) groups is 1. The second kappa shape index (κ2) is 8.30. The summed E-state index contributed by atoms with van der Waals surface area (Å²) in [6, 6.07) is 0. The maximum Gasteiger partial charge on any atom is 0.267 e. The van der Waals surface area contributed by atoms with Crippen molar-refractivity contribution in [2.75, 3.05) is 5.32 Å². The summed E-state index contributed by atoms with van der Waals surface area (Å²) in [5.74, 6) is 0.614. The average molecular weight is 385 g/mol. The first-order valence-corrected chi connectivity index (χ1v) is 9.70. The van der Waals surface area contributed by atoms with Gasteiger partial charge in [0.15, 0.2) is 0 Å². The third-order valence-electron chi connectivity index (χ3n) is 4.12. The van der Waals surface area contributed by atoms with Crippen molar-refractivity contribution in [1.29, 1.82) is 0 Å². The molecule has 0 aromatic carbocycles. The van der Waals surface area contributed by atoms with Crippen LogP contribution in [0.4, 0.5) is 5.69 Å². The van der Waals surface area contributed by atoms with Gasteiger partial charge in [-0.05, 0) is 38.8 Å². The third kappa shape index (κ3) is 4.51. The highest BCUT2D eigenvalue weighted by molar-refractivity contribution is 7.14. The number of carbonyl (C=O) groups excluding carboxylic acids is 1. The van der Waals surface area contributed by atoms with Gasteiger partial charge in [0.1, 0.15) is 15.6 Å². The Morgan fingerprint density at radius 2 is 2.19 bits per heavy atom. The van der Waals surface area contributed by atoms with Gasteiger partial charge >= 0.3 is 0 Å². The quantitative estimate of drug-likeness (QED) is 0.657. The Labute approximate surface area is 162 Å². The summed E-state index contributed by atoms with van der Waals surface area (Å²) in [4.78, 5) is 17.6. The lowest BCUT2D eigenvalue weighted by Crippen LogP contribution is -2.10. The molecule has 0 radical (unpaired) electrons. The van der Waals surface area contributed by atoms with Crippen LogP contribution in [0.15, 0.2) is 16.9 Å². The van der Waals surface area contributed by atoms with E-state index in [9.17, 15) is 4.79 Å². The van der Waals surface area contributed by atoms with Crippen molar-refractivity contribution >= 4 is 35.1 Å². The highest BCUT2D eigenvalue weighted by Gasteiger charge is 2.16. The summed E-state index contributed by atoms with van der Waals surface area (Å²) in [6.07, 6.45) is 10.3. The van der Waals surface area contributed by atoms with E-state index in [1.54, 1.807) is 24.1 Å². The van der Waals surface area contributed by atoms with Crippen molar-refractivity contribution in [1.82, 2.24) is 19.9 Å². The normalized spacial score (nSPS) is 11.4. The van der Waals surface area contributed by atoms with Crippen molar-refractivity contribution in [3.05, 3.63) is 45.0 Å². The number of anilines is 1. The topological polar surface area (TPSA) is 85.8 Å². The van der Waals surface area contributed by atoms with Crippen LogP contribution < -0.4 is 5.32 Å². The molecule has 27 heavy (non-hydrogen) atoms. The molecule has 8 heteroatoms. The van der Waals surface area contributed by atoms with Crippen LogP contribution in [0.2, 0.25) is 0 Å². The summed E-state index contributed by atoms with van der Waals surface area (Å²) in [5, 5.41) is 11.8. The van der Waals surface area contributed by atoms with Gasteiger partial charge in [0, 0.05) is 18.8 Å². The second-order valence-corrected chi connectivity index (χ2v) is 7.39. The lowest BCUT2D eigenvalue weighted by molar-refractivity contribution is 0.103. The van der Waals surface area contributed by atoms with E-state index in [-0.39, 0.29) is 5.91 Å². The summed E-state index contributed by atoms with van der Waals surface area (Å²) in [6.45, 7) is 5.89. The van der Waals surface area contributed by atoms with E-state index in [0.717, 1.165) is 41.3 Å². The smallest absolute Gasteiger partial charge is 0.267 e. The summed E-state index contributed by atoms with van der Waals surface area (Å²) in [5.41, 5.74) is 3.33. The van der Waals surface area contributed by atoms with Crippen LogP contribution in [0.3, 0.4) is 0 Å². The van der Waals surface area contributed by atoms with Crippen molar-refractivity contribution in [3.8, 4) is 0 Å². The van der Waals surface area contributed by atoms with E-state index in [0.29, 0.717) is 16.3 Å². The molecule has 142 valence electrons. The van der Waals surface area contributed by atoms with Gasteiger partial charge in [0.2, 0.25) is 0 Å². The molecule has 0 saturated carbocycles. The highest BCUT2D eigenvalue weighted by atomic mass is 32.1. The predicted octanol–water partition coefficient (Wildman–Crippen LogP) is 4.25. The molecule has 0 fully saturated rings. The molecule has 0 atom stereocenters. The van der Waals surface area contributed by atoms with Gasteiger partial charge in [-0.25, -0.2) is 4.98 Å². The number of unbranched alkanes of at least 4 members (excludes halogenated alkanes) is 1. The lowest BCUT2D eigenvalue weighted by atomic mass is 10.1.